The van der Waals surface area contributed by atoms with Gasteiger partial charge in [-0.15, -0.1) is 35.9 Å². The quantitative estimate of drug-likeness (QED) is 0.0797. The molecular formula is C42H52ClNO2PPd-. The molecule has 0 bridgehead atoms. The van der Waals surface area contributed by atoms with Gasteiger partial charge in [-0.3, -0.25) is 0 Å². The summed E-state index contributed by atoms with van der Waals surface area (Å²) in [5.74, 6) is 1.80. The van der Waals surface area contributed by atoms with Crippen molar-refractivity contribution in [2.24, 2.45) is 0 Å². The van der Waals surface area contributed by atoms with Crippen LogP contribution in [0.4, 0.5) is 5.69 Å². The molecule has 0 heterocycles. The maximum atomic E-state index is 7.16. The van der Waals surface area contributed by atoms with Gasteiger partial charge in [0, 0.05) is 30.7 Å². The third kappa shape index (κ3) is 10.1. The van der Waals surface area contributed by atoms with E-state index >= 15 is 0 Å². The summed E-state index contributed by atoms with van der Waals surface area (Å²) in [7, 11) is -0.366. The van der Waals surface area contributed by atoms with Crippen LogP contribution in [0.5, 0.6) is 11.5 Å². The molecule has 0 aromatic heterocycles. The third-order valence-corrected chi connectivity index (χ3v) is 13.2. The Bertz CT molecular complexity index is 1500. The van der Waals surface area contributed by atoms with Crippen LogP contribution >= 0.6 is 19.5 Å². The number of rotatable bonds is 9. The van der Waals surface area contributed by atoms with Gasteiger partial charge in [-0.1, -0.05) is 100 Å². The normalized spacial score (nSPS) is 15.5. The summed E-state index contributed by atoms with van der Waals surface area (Å²) in [6.45, 7) is 8.37. The van der Waals surface area contributed by atoms with E-state index in [1.807, 2.05) is 54.6 Å². The molecule has 260 valence electrons. The Hall–Kier alpha value is -2.34. The molecule has 0 saturated heterocycles. The molecule has 0 radical (unpaired) electrons. The first-order valence-electron chi connectivity index (χ1n) is 17.7. The molecule has 2 aliphatic carbocycles. The molecule has 4 aromatic rings. The van der Waals surface area contributed by atoms with E-state index in [1.165, 1.54) is 75.1 Å². The largest absolute Gasteiger partial charge is 0.490 e. The van der Waals surface area contributed by atoms with E-state index in [0.29, 0.717) is 0 Å². The van der Waals surface area contributed by atoms with Crippen molar-refractivity contribution in [1.82, 2.24) is 0 Å². The van der Waals surface area contributed by atoms with Crippen molar-refractivity contribution in [2.45, 2.75) is 115 Å². The van der Waals surface area contributed by atoms with Crippen molar-refractivity contribution in [2.75, 3.05) is 5.73 Å². The minimum absolute atomic E-state index is 0. The van der Waals surface area contributed by atoms with Gasteiger partial charge in [0.2, 0.25) is 0 Å². The van der Waals surface area contributed by atoms with E-state index in [0.717, 1.165) is 50.2 Å². The predicted octanol–water partition coefficient (Wildman–Crippen LogP) is 12.1. The molecule has 6 rings (SSSR count). The molecule has 4 aromatic carbocycles. The van der Waals surface area contributed by atoms with E-state index < -0.39 is 0 Å². The summed E-state index contributed by atoms with van der Waals surface area (Å²) in [5.41, 5.74) is 12.6. The fraction of sp³-hybridized carbons (Fsp3) is 0.429. The van der Waals surface area contributed by atoms with Crippen molar-refractivity contribution >= 4 is 30.5 Å². The Morgan fingerprint density at radius 2 is 1.19 bits per heavy atom. The second-order valence-electron chi connectivity index (χ2n) is 13.5. The summed E-state index contributed by atoms with van der Waals surface area (Å²) in [6.07, 6.45) is 13.8. The molecule has 48 heavy (non-hydrogen) atoms. The Morgan fingerprint density at radius 1 is 0.667 bits per heavy atom. The van der Waals surface area contributed by atoms with E-state index in [1.54, 1.807) is 0 Å². The third-order valence-electron chi connectivity index (χ3n) is 9.12. The first-order chi connectivity index (χ1) is 22.8. The molecule has 0 aliphatic heterocycles. The van der Waals surface area contributed by atoms with Gasteiger partial charge in [0.05, 0.1) is 17.8 Å². The fourth-order valence-corrected chi connectivity index (χ4v) is 11.6. The molecule has 0 amide bonds. The summed E-state index contributed by atoms with van der Waals surface area (Å²) in [6, 6.07) is 31.5. The zero-order valence-electron chi connectivity index (χ0n) is 29.0. The number of ether oxygens (including phenoxy) is 2. The van der Waals surface area contributed by atoms with Crippen molar-refractivity contribution in [3.63, 3.8) is 0 Å². The average molecular weight is 776 g/mol. The van der Waals surface area contributed by atoms with Crippen LogP contribution in [0, 0.1) is 6.07 Å². The van der Waals surface area contributed by atoms with Crippen LogP contribution in [0.1, 0.15) is 91.9 Å². The summed E-state index contributed by atoms with van der Waals surface area (Å²) in [5, 5.41) is 2.35. The van der Waals surface area contributed by atoms with Crippen LogP contribution in [-0.2, 0) is 20.4 Å². The number of halogens is 1. The van der Waals surface area contributed by atoms with Crippen molar-refractivity contribution < 1.29 is 29.9 Å². The van der Waals surface area contributed by atoms with Crippen LogP contribution in [0.15, 0.2) is 84.9 Å². The van der Waals surface area contributed by atoms with Gasteiger partial charge in [-0.05, 0) is 100 Å². The number of benzene rings is 4. The minimum atomic E-state index is -0.366. The molecule has 3 nitrogen and oxygen atoms in total. The van der Waals surface area contributed by atoms with Crippen LogP contribution in [0.2, 0.25) is 5.02 Å². The number of anilines is 1. The summed E-state index contributed by atoms with van der Waals surface area (Å²) >= 11 is 7.16. The van der Waals surface area contributed by atoms with Gasteiger partial charge in [0.1, 0.15) is 11.5 Å². The Labute approximate surface area is 309 Å². The van der Waals surface area contributed by atoms with Gasteiger partial charge in [0.15, 0.2) is 0 Å². The predicted molar refractivity (Wildman–Crippen MR) is 204 cm³/mol. The number of nitrogens with two attached hydrogens (primary N) is 1. The number of hydrogen-bond acceptors (Lipinski definition) is 3. The smallest absolute Gasteiger partial charge is 0.131 e. The SMILES string of the molecule is CC(C)Oc1cccc(OC(C)C)c1-c1cccc(Cl)c1P(C1CCCCC1)C1CCCCC1.Nc1ccccc1-c1[c-]cccc1.[Pd]. The molecule has 2 saturated carbocycles. The van der Waals surface area contributed by atoms with Gasteiger partial charge < -0.3 is 15.2 Å². The van der Waals surface area contributed by atoms with Crippen LogP contribution in [-0.4, -0.2) is 23.5 Å². The van der Waals surface area contributed by atoms with E-state index in [9.17, 15) is 0 Å². The van der Waals surface area contributed by atoms with Gasteiger partial charge in [0.25, 0.3) is 0 Å². The Kier molecular flexibility index (Phi) is 15.4. The van der Waals surface area contributed by atoms with Crippen molar-refractivity contribution in [3.05, 3.63) is 96.0 Å². The first kappa shape index (κ1) is 38.5. The van der Waals surface area contributed by atoms with Gasteiger partial charge in [-0.2, -0.15) is 0 Å². The topological polar surface area (TPSA) is 44.5 Å². The van der Waals surface area contributed by atoms with Crippen LogP contribution in [0.25, 0.3) is 22.3 Å². The second-order valence-corrected chi connectivity index (χ2v) is 16.6. The molecule has 0 spiro atoms. The standard InChI is InChI=1S/C30H42ClO2P.C12H10N.Pd/c1-21(2)32-27-19-12-20-28(33-22(3)4)29(27)25-17-11-18-26(31)30(25)34(23-13-7-5-8-14-23)24-15-9-6-10-16-24;13-12-9-5-4-8-11(12)10-6-2-1-3-7-10;/h11-12,17-24H,5-10,13-16H2,1-4H3;1-6,8-9H,13H2;/q;-1;. The Balaban J connectivity index is 0.000000310. The van der Waals surface area contributed by atoms with Crippen LogP contribution in [0.3, 0.4) is 0 Å². The maximum absolute atomic E-state index is 7.16. The molecule has 2 fully saturated rings. The summed E-state index contributed by atoms with van der Waals surface area (Å²) < 4.78 is 12.7. The Morgan fingerprint density at radius 3 is 1.71 bits per heavy atom. The maximum Gasteiger partial charge on any atom is 0.131 e. The monoisotopic (exact) mass is 774 g/mol. The number of nitrogen functional groups attached to an aromatic ring is 1. The van der Waals surface area contributed by atoms with Crippen molar-refractivity contribution in [3.8, 4) is 33.8 Å². The number of hydrogen-bond donors (Lipinski definition) is 1. The average Bonchev–Trinajstić information content (AvgIpc) is 3.07. The zero-order valence-corrected chi connectivity index (χ0v) is 32.2. The first-order valence-corrected chi connectivity index (χ1v) is 19.5. The van der Waals surface area contributed by atoms with Crippen molar-refractivity contribution in [1.29, 1.82) is 0 Å². The molecule has 0 unspecified atom stereocenters. The van der Waals surface area contributed by atoms with Gasteiger partial charge >= 0.3 is 0 Å². The second kappa shape index (κ2) is 19.2. The fourth-order valence-electron chi connectivity index (χ4n) is 7.15. The summed E-state index contributed by atoms with van der Waals surface area (Å²) in [4.78, 5) is 0. The number of para-hydroxylation sites is 1. The molecule has 2 aliphatic rings. The van der Waals surface area contributed by atoms with E-state index in [-0.39, 0.29) is 40.6 Å². The van der Waals surface area contributed by atoms with Crippen LogP contribution < -0.4 is 20.5 Å². The van der Waals surface area contributed by atoms with E-state index in [2.05, 4.69) is 64.1 Å². The van der Waals surface area contributed by atoms with E-state index in [4.69, 9.17) is 26.8 Å². The molecular weight excluding hydrogens is 723 g/mol. The van der Waals surface area contributed by atoms with Gasteiger partial charge in [-0.25, -0.2) is 0 Å². The molecule has 0 atom stereocenters. The minimum Gasteiger partial charge on any atom is -0.490 e. The molecule has 2 N–H and O–H groups in total. The molecule has 6 heteroatoms. The zero-order chi connectivity index (χ0) is 33.2.